The molecule has 3 atom stereocenters. The van der Waals surface area contributed by atoms with E-state index in [1.807, 2.05) is 4.90 Å². The van der Waals surface area contributed by atoms with E-state index in [2.05, 4.69) is 28.7 Å². The Labute approximate surface area is 130 Å². The molecule has 3 heterocycles. The van der Waals surface area contributed by atoms with Gasteiger partial charge in [-0.2, -0.15) is 0 Å². The molecule has 6 nitrogen and oxygen atoms in total. The van der Waals surface area contributed by atoms with Crippen LogP contribution in [0.25, 0.3) is 0 Å². The highest BCUT2D eigenvalue weighted by Crippen LogP contribution is 2.52. The van der Waals surface area contributed by atoms with Gasteiger partial charge in [0.25, 0.3) is 0 Å². The van der Waals surface area contributed by atoms with E-state index < -0.39 is 0 Å². The highest BCUT2D eigenvalue weighted by Gasteiger charge is 2.54. The Balaban J connectivity index is 1.50. The average Bonchev–Trinajstić information content (AvgIpc) is 2.97. The van der Waals surface area contributed by atoms with Crippen molar-refractivity contribution in [3.63, 3.8) is 0 Å². The molecule has 1 amide bonds. The van der Waals surface area contributed by atoms with Crippen molar-refractivity contribution in [1.29, 1.82) is 0 Å². The topological polar surface area (TPSA) is 58.6 Å². The van der Waals surface area contributed by atoms with Crippen LogP contribution in [0.4, 0.5) is 5.82 Å². The van der Waals surface area contributed by atoms with Crippen molar-refractivity contribution in [2.24, 2.45) is 11.3 Å². The predicted molar refractivity (Wildman–Crippen MR) is 81.4 cm³/mol. The molecule has 1 aromatic rings. The summed E-state index contributed by atoms with van der Waals surface area (Å²) < 4.78 is 5.90. The summed E-state index contributed by atoms with van der Waals surface area (Å²) in [6, 6.07) is 0.191. The van der Waals surface area contributed by atoms with Gasteiger partial charge in [-0.05, 0) is 11.8 Å². The van der Waals surface area contributed by atoms with Gasteiger partial charge in [0.15, 0.2) is 0 Å². The zero-order chi connectivity index (χ0) is 15.3. The fourth-order valence-corrected chi connectivity index (χ4v) is 3.70. The van der Waals surface area contributed by atoms with Crippen molar-refractivity contribution in [2.45, 2.75) is 32.4 Å². The highest BCUT2D eigenvalue weighted by atomic mass is 16.5. The number of likely N-dealkylation sites (tertiary alicyclic amines) is 1. The second-order valence-corrected chi connectivity index (χ2v) is 7.22. The molecular weight excluding hydrogens is 280 g/mol. The van der Waals surface area contributed by atoms with Crippen LogP contribution in [-0.4, -0.2) is 59.2 Å². The smallest absolute Gasteiger partial charge is 0.226 e. The molecule has 2 saturated heterocycles. The molecule has 4 rings (SSSR count). The van der Waals surface area contributed by atoms with Crippen LogP contribution in [0.2, 0.25) is 0 Å². The second kappa shape index (κ2) is 4.91. The van der Waals surface area contributed by atoms with Gasteiger partial charge in [0, 0.05) is 37.9 Å². The lowest BCUT2D eigenvalue weighted by atomic mass is 10.1. The number of hydrogen-bond acceptors (Lipinski definition) is 5. The Hall–Kier alpha value is -1.69. The van der Waals surface area contributed by atoms with Gasteiger partial charge in [-0.1, -0.05) is 13.8 Å². The summed E-state index contributed by atoms with van der Waals surface area (Å²) in [5.41, 5.74) is 0.177. The molecule has 0 radical (unpaired) electrons. The first-order valence-electron chi connectivity index (χ1n) is 7.99. The van der Waals surface area contributed by atoms with Gasteiger partial charge < -0.3 is 14.5 Å². The van der Waals surface area contributed by atoms with Crippen LogP contribution in [0.15, 0.2) is 18.6 Å². The molecule has 1 aliphatic carbocycles. The van der Waals surface area contributed by atoms with E-state index in [4.69, 9.17) is 4.74 Å². The van der Waals surface area contributed by atoms with Crippen LogP contribution in [0.3, 0.4) is 0 Å². The van der Waals surface area contributed by atoms with Crippen LogP contribution in [-0.2, 0) is 9.53 Å². The van der Waals surface area contributed by atoms with Gasteiger partial charge in [0.1, 0.15) is 5.82 Å². The van der Waals surface area contributed by atoms with Crippen molar-refractivity contribution in [3.05, 3.63) is 18.6 Å². The van der Waals surface area contributed by atoms with Gasteiger partial charge in [-0.3, -0.25) is 9.78 Å². The maximum Gasteiger partial charge on any atom is 0.226 e. The van der Waals surface area contributed by atoms with Crippen LogP contribution in [0.1, 0.15) is 20.3 Å². The third kappa shape index (κ3) is 2.26. The minimum atomic E-state index is 0.0848. The number of nitrogens with zero attached hydrogens (tertiary/aromatic N) is 4. The number of morpholine rings is 1. The summed E-state index contributed by atoms with van der Waals surface area (Å²) in [4.78, 5) is 25.4. The largest absolute Gasteiger partial charge is 0.372 e. The van der Waals surface area contributed by atoms with Crippen molar-refractivity contribution in [1.82, 2.24) is 14.9 Å². The number of amides is 1. The fourth-order valence-electron chi connectivity index (χ4n) is 3.70. The quantitative estimate of drug-likeness (QED) is 0.814. The molecule has 6 heteroatoms. The normalized spacial score (nSPS) is 32.7. The van der Waals surface area contributed by atoms with E-state index in [0.717, 1.165) is 25.3 Å². The van der Waals surface area contributed by atoms with Gasteiger partial charge in [0.05, 0.1) is 24.9 Å². The summed E-state index contributed by atoms with van der Waals surface area (Å²) in [7, 11) is 0. The summed E-state index contributed by atoms with van der Waals surface area (Å²) >= 11 is 0. The molecule has 0 spiro atoms. The van der Waals surface area contributed by atoms with Crippen molar-refractivity contribution < 1.29 is 9.53 Å². The lowest BCUT2D eigenvalue weighted by Gasteiger charge is -2.37. The maximum absolute atomic E-state index is 12.6. The number of anilines is 1. The van der Waals surface area contributed by atoms with Crippen LogP contribution < -0.4 is 4.90 Å². The zero-order valence-corrected chi connectivity index (χ0v) is 13.1. The first kappa shape index (κ1) is 13.9. The van der Waals surface area contributed by atoms with Crippen LogP contribution in [0, 0.1) is 11.3 Å². The van der Waals surface area contributed by atoms with Crippen LogP contribution in [0.5, 0.6) is 0 Å². The molecule has 0 bridgehead atoms. The first-order valence-corrected chi connectivity index (χ1v) is 7.99. The summed E-state index contributed by atoms with van der Waals surface area (Å²) in [5, 5.41) is 0. The molecule has 3 aliphatic rings. The molecule has 0 aromatic carbocycles. The molecule has 0 N–H and O–H groups in total. The minimum absolute atomic E-state index is 0.0848. The molecule has 3 fully saturated rings. The van der Waals surface area contributed by atoms with E-state index in [0.29, 0.717) is 19.1 Å². The fraction of sp³-hybridized carbons (Fsp3) is 0.688. The highest BCUT2D eigenvalue weighted by molar-refractivity contribution is 5.83. The predicted octanol–water partition coefficient (Wildman–Crippen LogP) is 0.939. The Morgan fingerprint density at radius 3 is 2.86 bits per heavy atom. The van der Waals surface area contributed by atoms with Crippen molar-refractivity contribution in [3.8, 4) is 0 Å². The molecule has 2 aliphatic heterocycles. The van der Waals surface area contributed by atoms with Crippen molar-refractivity contribution in [2.75, 3.05) is 31.1 Å². The lowest BCUT2D eigenvalue weighted by molar-refractivity contribution is -0.132. The number of carbonyl (C=O) groups excluding carboxylic acids is 1. The average molecular weight is 302 g/mol. The Morgan fingerprint density at radius 1 is 1.36 bits per heavy atom. The molecular formula is C16H22N4O2. The summed E-state index contributed by atoms with van der Waals surface area (Å²) in [5.74, 6) is 1.36. The van der Waals surface area contributed by atoms with E-state index in [-0.39, 0.29) is 23.5 Å². The maximum atomic E-state index is 12.6. The minimum Gasteiger partial charge on any atom is -0.372 e. The van der Waals surface area contributed by atoms with E-state index >= 15 is 0 Å². The molecule has 22 heavy (non-hydrogen) atoms. The van der Waals surface area contributed by atoms with Crippen molar-refractivity contribution >= 4 is 11.7 Å². The lowest BCUT2D eigenvalue weighted by Crippen LogP contribution is -2.51. The number of fused-ring (bicyclic) bond motifs is 1. The van der Waals surface area contributed by atoms with Gasteiger partial charge in [-0.25, -0.2) is 4.98 Å². The number of ether oxygens (including phenoxy) is 1. The van der Waals surface area contributed by atoms with Gasteiger partial charge in [0.2, 0.25) is 5.91 Å². The number of rotatable bonds is 2. The third-order valence-electron chi connectivity index (χ3n) is 5.27. The Morgan fingerprint density at radius 2 is 2.18 bits per heavy atom. The monoisotopic (exact) mass is 302 g/mol. The molecule has 118 valence electrons. The third-order valence-corrected chi connectivity index (χ3v) is 5.27. The molecule has 1 saturated carbocycles. The van der Waals surface area contributed by atoms with E-state index in [9.17, 15) is 4.79 Å². The summed E-state index contributed by atoms with van der Waals surface area (Å²) in [6.07, 6.45) is 6.27. The molecule has 1 aromatic heterocycles. The van der Waals surface area contributed by atoms with E-state index in [1.54, 1.807) is 18.6 Å². The zero-order valence-electron chi connectivity index (χ0n) is 13.1. The Bertz CT molecular complexity index is 577. The standard InChI is InChI=1S/C16H22N4O2/c1-16(2)7-11(16)15(21)19-9-12-13(10-19)22-6-5-20(12)14-8-17-3-4-18-14/h3-4,8,11-13H,5-7,9-10H2,1-2H3/t11?,12-,13-/m0/s1. The first-order chi connectivity index (χ1) is 10.6. The second-order valence-electron chi connectivity index (χ2n) is 7.22. The SMILES string of the molecule is CC1(C)CC1C(=O)N1C[C@@H]2OCCN(c3cnccn3)[C@H]2C1. The Kier molecular flexibility index (Phi) is 3.11. The number of hydrogen-bond donors (Lipinski definition) is 0. The number of aromatic nitrogens is 2. The van der Waals surface area contributed by atoms with Gasteiger partial charge >= 0.3 is 0 Å². The molecule has 1 unspecified atom stereocenters. The number of carbonyl (C=O) groups is 1. The van der Waals surface area contributed by atoms with E-state index in [1.165, 1.54) is 0 Å². The van der Waals surface area contributed by atoms with Crippen LogP contribution >= 0.6 is 0 Å². The van der Waals surface area contributed by atoms with Gasteiger partial charge in [-0.15, -0.1) is 0 Å². The summed E-state index contributed by atoms with van der Waals surface area (Å²) in [6.45, 7) is 7.24.